The number of urea groups is 1. The van der Waals surface area contributed by atoms with Crippen molar-refractivity contribution < 1.29 is 27.9 Å². The number of fused-ring (bicyclic) bond motifs is 1. The number of amides is 4. The number of carbonyl (C=O) groups excluding carboxylic acids is 3. The molecule has 3 aliphatic rings. The fourth-order valence-electron chi connectivity index (χ4n) is 5.52. The van der Waals surface area contributed by atoms with Crippen molar-refractivity contribution >= 4 is 29.2 Å². The summed E-state index contributed by atoms with van der Waals surface area (Å²) in [6.07, 6.45) is 1.57. The van der Waals surface area contributed by atoms with Crippen molar-refractivity contribution in [3.8, 4) is 0 Å². The quantitative estimate of drug-likeness (QED) is 0.658. The number of carbonyl (C=O) groups is 3. The van der Waals surface area contributed by atoms with E-state index in [9.17, 15) is 23.2 Å². The van der Waals surface area contributed by atoms with Gasteiger partial charge >= 0.3 is 6.03 Å². The molecule has 1 aromatic carbocycles. The maximum Gasteiger partial charge on any atom is 0.322 e. The van der Waals surface area contributed by atoms with Crippen LogP contribution in [0.3, 0.4) is 0 Å². The van der Waals surface area contributed by atoms with Gasteiger partial charge in [-0.1, -0.05) is 0 Å². The number of ether oxygens (including phenoxy) is 1. The van der Waals surface area contributed by atoms with Gasteiger partial charge in [0.05, 0.1) is 54.8 Å². The summed E-state index contributed by atoms with van der Waals surface area (Å²) in [6.45, 7) is 8.77. The molecule has 2 saturated heterocycles. The predicted molar refractivity (Wildman–Crippen MR) is 134 cm³/mol. The van der Waals surface area contributed by atoms with E-state index in [2.05, 4.69) is 10.4 Å². The van der Waals surface area contributed by atoms with Crippen molar-refractivity contribution in [2.24, 2.45) is 5.92 Å². The van der Waals surface area contributed by atoms with E-state index in [0.717, 1.165) is 12.1 Å². The third-order valence-corrected chi connectivity index (χ3v) is 7.51. The molecule has 4 heterocycles. The standard InChI is InChI=1S/C26H32F2N6O4/c1-14-9-34-23(13-32(14)26(37)30-19-6-20(27)17(4)21(28)7-19)22(8-29-34)33-12-18(5-24(33)35)25(36)31-10-15(2)38-16(3)11-31/h6-8,14-16,18H,5,9-13H2,1-4H3,(H,30,37)/t14-,15+,16+,18?/m0/s1. The summed E-state index contributed by atoms with van der Waals surface area (Å²) in [4.78, 5) is 44.2. The average molecular weight is 531 g/mol. The molecule has 0 spiro atoms. The largest absolute Gasteiger partial charge is 0.372 e. The fraction of sp³-hybridized carbons (Fsp3) is 0.538. The second-order valence-electron chi connectivity index (χ2n) is 10.5. The topological polar surface area (TPSA) is 100 Å². The summed E-state index contributed by atoms with van der Waals surface area (Å²) in [5, 5.41) is 7.00. The van der Waals surface area contributed by atoms with Gasteiger partial charge in [-0.05, 0) is 39.8 Å². The Balaban J connectivity index is 1.31. The molecule has 3 aliphatic heterocycles. The minimum atomic E-state index is -0.745. The molecule has 4 atom stereocenters. The van der Waals surface area contributed by atoms with Crippen molar-refractivity contribution in [3.05, 3.63) is 41.2 Å². The first kappa shape index (κ1) is 26.1. The highest BCUT2D eigenvalue weighted by atomic mass is 19.1. The van der Waals surface area contributed by atoms with E-state index >= 15 is 0 Å². The Hall–Kier alpha value is -3.54. The Kier molecular flexibility index (Phi) is 6.84. The van der Waals surface area contributed by atoms with E-state index in [1.807, 2.05) is 20.8 Å². The zero-order valence-corrected chi connectivity index (χ0v) is 21.9. The van der Waals surface area contributed by atoms with E-state index in [1.54, 1.807) is 20.7 Å². The molecule has 0 radical (unpaired) electrons. The van der Waals surface area contributed by atoms with Crippen LogP contribution in [0.1, 0.15) is 38.4 Å². The summed E-state index contributed by atoms with van der Waals surface area (Å²) in [7, 11) is 0. The van der Waals surface area contributed by atoms with Crippen LogP contribution >= 0.6 is 0 Å². The van der Waals surface area contributed by atoms with Crippen LogP contribution in [0, 0.1) is 24.5 Å². The number of nitrogens with zero attached hydrogens (tertiary/aromatic N) is 5. The van der Waals surface area contributed by atoms with Gasteiger partial charge in [0.2, 0.25) is 11.8 Å². The van der Waals surface area contributed by atoms with Crippen molar-refractivity contribution in [1.29, 1.82) is 0 Å². The van der Waals surface area contributed by atoms with E-state index in [0.29, 0.717) is 31.0 Å². The Labute approximate surface area is 219 Å². The summed E-state index contributed by atoms with van der Waals surface area (Å²) < 4.78 is 35.5. The van der Waals surface area contributed by atoms with E-state index < -0.39 is 23.6 Å². The highest BCUT2D eigenvalue weighted by molar-refractivity contribution is 6.00. The highest BCUT2D eigenvalue weighted by Gasteiger charge is 2.41. The zero-order valence-electron chi connectivity index (χ0n) is 21.9. The van der Waals surface area contributed by atoms with Crippen molar-refractivity contribution in [3.63, 3.8) is 0 Å². The second-order valence-corrected chi connectivity index (χ2v) is 10.5. The smallest absolute Gasteiger partial charge is 0.322 e. The lowest BCUT2D eigenvalue weighted by molar-refractivity contribution is -0.147. The Morgan fingerprint density at radius 2 is 1.71 bits per heavy atom. The molecular weight excluding hydrogens is 498 g/mol. The van der Waals surface area contributed by atoms with Crippen LogP contribution in [-0.2, 0) is 27.4 Å². The van der Waals surface area contributed by atoms with Gasteiger partial charge in [-0.15, -0.1) is 0 Å². The molecule has 10 nitrogen and oxygen atoms in total. The molecular formula is C26H32F2N6O4. The van der Waals surface area contributed by atoms with E-state index in [1.165, 1.54) is 11.8 Å². The van der Waals surface area contributed by atoms with Crippen LogP contribution in [0.4, 0.5) is 25.0 Å². The first-order chi connectivity index (χ1) is 18.0. The number of morpholine rings is 1. The van der Waals surface area contributed by atoms with Gasteiger partial charge in [0, 0.05) is 37.3 Å². The van der Waals surface area contributed by atoms with Gasteiger partial charge in [0.1, 0.15) is 11.6 Å². The fourth-order valence-corrected chi connectivity index (χ4v) is 5.52. The highest BCUT2D eigenvalue weighted by Crippen LogP contribution is 2.33. The summed E-state index contributed by atoms with van der Waals surface area (Å²) in [6, 6.07) is 1.38. The van der Waals surface area contributed by atoms with Crippen LogP contribution in [0.15, 0.2) is 18.3 Å². The first-order valence-corrected chi connectivity index (χ1v) is 12.8. The number of anilines is 2. The summed E-state index contributed by atoms with van der Waals surface area (Å²) in [5.41, 5.74) is 1.12. The minimum absolute atomic E-state index is 0.0185. The molecule has 0 saturated carbocycles. The number of hydrogen-bond donors (Lipinski definition) is 1. The van der Waals surface area contributed by atoms with Crippen LogP contribution in [0.5, 0.6) is 0 Å². The van der Waals surface area contributed by atoms with Crippen LogP contribution in [0.2, 0.25) is 0 Å². The molecule has 38 heavy (non-hydrogen) atoms. The molecule has 0 bridgehead atoms. The molecule has 2 aromatic rings. The lowest BCUT2D eigenvalue weighted by Gasteiger charge is -2.36. The van der Waals surface area contributed by atoms with Crippen molar-refractivity contribution in [2.75, 3.05) is 29.9 Å². The number of halogens is 2. The maximum absolute atomic E-state index is 14.0. The van der Waals surface area contributed by atoms with Crippen molar-refractivity contribution in [1.82, 2.24) is 19.6 Å². The molecule has 5 rings (SSSR count). The van der Waals surface area contributed by atoms with Gasteiger partial charge in [0.25, 0.3) is 0 Å². The van der Waals surface area contributed by atoms with Crippen LogP contribution in [0.25, 0.3) is 0 Å². The van der Waals surface area contributed by atoms with Crippen LogP contribution < -0.4 is 10.2 Å². The third kappa shape index (κ3) is 4.84. The zero-order chi connectivity index (χ0) is 27.3. The molecule has 1 N–H and O–H groups in total. The Morgan fingerprint density at radius 1 is 1.05 bits per heavy atom. The van der Waals surface area contributed by atoms with Gasteiger partial charge in [-0.2, -0.15) is 5.10 Å². The number of hydrogen-bond acceptors (Lipinski definition) is 5. The number of rotatable bonds is 3. The SMILES string of the molecule is Cc1c(F)cc(NC(=O)N2Cc3c(N4CC(C(=O)N5C[C@@H](C)O[C@H](C)C5)CC4=O)cnn3C[C@@H]2C)cc1F. The molecule has 0 aliphatic carbocycles. The lowest BCUT2D eigenvalue weighted by atomic mass is 10.1. The minimum Gasteiger partial charge on any atom is -0.372 e. The molecule has 204 valence electrons. The molecule has 1 aromatic heterocycles. The van der Waals surface area contributed by atoms with Crippen LogP contribution in [-0.4, -0.2) is 75.3 Å². The summed E-state index contributed by atoms with van der Waals surface area (Å²) >= 11 is 0. The second kappa shape index (κ2) is 9.97. The van der Waals surface area contributed by atoms with Gasteiger partial charge in [-0.3, -0.25) is 14.3 Å². The van der Waals surface area contributed by atoms with E-state index in [4.69, 9.17) is 4.74 Å². The normalized spacial score (nSPS) is 25.5. The number of benzene rings is 1. The first-order valence-electron chi connectivity index (χ1n) is 12.8. The maximum atomic E-state index is 14.0. The third-order valence-electron chi connectivity index (χ3n) is 7.51. The van der Waals surface area contributed by atoms with E-state index in [-0.39, 0.29) is 60.8 Å². The number of nitrogens with one attached hydrogen (secondary N) is 1. The Morgan fingerprint density at radius 3 is 2.37 bits per heavy atom. The molecule has 12 heteroatoms. The number of aromatic nitrogens is 2. The monoisotopic (exact) mass is 530 g/mol. The molecule has 1 unspecified atom stereocenters. The van der Waals surface area contributed by atoms with Gasteiger partial charge in [0.15, 0.2) is 0 Å². The summed E-state index contributed by atoms with van der Waals surface area (Å²) in [5.74, 6) is -2.19. The van der Waals surface area contributed by atoms with Crippen molar-refractivity contribution in [2.45, 2.75) is 65.5 Å². The Bertz CT molecular complexity index is 1250. The van der Waals surface area contributed by atoms with Gasteiger partial charge in [-0.25, -0.2) is 13.6 Å². The molecule has 4 amide bonds. The van der Waals surface area contributed by atoms with Gasteiger partial charge < -0.3 is 24.8 Å². The lowest BCUT2D eigenvalue weighted by Crippen LogP contribution is -2.50. The average Bonchev–Trinajstić information content (AvgIpc) is 3.43. The molecule has 2 fully saturated rings. The predicted octanol–water partition coefficient (Wildman–Crippen LogP) is 2.89.